The largest absolute Gasteiger partial charge is 0.465 e. The van der Waals surface area contributed by atoms with Gasteiger partial charge in [-0.15, -0.1) is 0 Å². The molecule has 21 heavy (non-hydrogen) atoms. The van der Waals surface area contributed by atoms with Crippen molar-refractivity contribution in [2.75, 3.05) is 6.54 Å². The summed E-state index contributed by atoms with van der Waals surface area (Å²) in [6.45, 7) is 3.47. The third-order valence-corrected chi connectivity index (χ3v) is 4.75. The molecule has 1 heterocycles. The molecule has 0 aliphatic rings. The van der Waals surface area contributed by atoms with Gasteiger partial charge in [0.1, 0.15) is 16.4 Å². The van der Waals surface area contributed by atoms with Crippen LogP contribution >= 0.6 is 0 Å². The van der Waals surface area contributed by atoms with Crippen LogP contribution in [0.3, 0.4) is 0 Å². The number of aliphatic hydroxyl groups excluding tert-OH is 1. The van der Waals surface area contributed by atoms with E-state index in [0.717, 1.165) is 5.56 Å². The predicted octanol–water partition coefficient (Wildman–Crippen LogP) is 2.30. The zero-order valence-electron chi connectivity index (χ0n) is 12.0. The lowest BCUT2D eigenvalue weighted by atomic mass is 10.1. The molecule has 0 radical (unpaired) electrons. The second-order valence-electron chi connectivity index (χ2n) is 4.89. The lowest BCUT2D eigenvalue weighted by Gasteiger charge is -2.11. The maximum absolute atomic E-state index is 12.1. The van der Waals surface area contributed by atoms with Gasteiger partial charge in [0.15, 0.2) is 0 Å². The molecule has 114 valence electrons. The van der Waals surface area contributed by atoms with Crippen LogP contribution in [0.2, 0.25) is 0 Å². The Morgan fingerprint density at radius 3 is 2.48 bits per heavy atom. The minimum absolute atomic E-state index is 0.147. The smallest absolute Gasteiger partial charge is 0.244 e. The van der Waals surface area contributed by atoms with E-state index < -0.39 is 16.1 Å². The number of rotatable bonds is 6. The van der Waals surface area contributed by atoms with Crippen LogP contribution in [0.4, 0.5) is 0 Å². The molecule has 0 fully saturated rings. The summed E-state index contributed by atoms with van der Waals surface area (Å²) in [4.78, 5) is 0.147. The average molecular weight is 309 g/mol. The van der Waals surface area contributed by atoms with Crippen LogP contribution in [0.25, 0.3) is 0 Å². The number of aliphatic hydroxyl groups is 1. The molecule has 5 nitrogen and oxygen atoms in total. The molecule has 0 aliphatic carbocycles. The molecule has 1 atom stereocenters. The van der Waals surface area contributed by atoms with Crippen LogP contribution in [-0.4, -0.2) is 20.1 Å². The Bertz CT molecular complexity index is 692. The standard InChI is InChI=1S/C15H19NO4S/c1-11-10-15(12(2)20-11)21(18,19)16-9-8-14(17)13-6-4-3-5-7-13/h3-7,10,14,16-17H,8-9H2,1-2H3/t14-/m0/s1. The van der Waals surface area contributed by atoms with E-state index in [1.54, 1.807) is 13.8 Å². The summed E-state index contributed by atoms with van der Waals surface area (Å²) in [6, 6.07) is 10.6. The molecular weight excluding hydrogens is 290 g/mol. The van der Waals surface area contributed by atoms with Gasteiger partial charge in [0, 0.05) is 6.54 Å². The number of benzene rings is 1. The SMILES string of the molecule is Cc1cc(S(=O)(=O)NCC[C@H](O)c2ccccc2)c(C)o1. The zero-order chi connectivity index (χ0) is 15.5. The summed E-state index contributed by atoms with van der Waals surface area (Å²) in [6.07, 6.45) is -0.389. The predicted molar refractivity (Wildman–Crippen MR) is 79.4 cm³/mol. The Balaban J connectivity index is 1.95. The fraction of sp³-hybridized carbons (Fsp3) is 0.333. The Labute approximate surface area is 124 Å². The highest BCUT2D eigenvalue weighted by atomic mass is 32.2. The van der Waals surface area contributed by atoms with Gasteiger partial charge in [0.2, 0.25) is 10.0 Å². The highest BCUT2D eigenvalue weighted by molar-refractivity contribution is 7.89. The van der Waals surface area contributed by atoms with Crippen LogP contribution in [0.15, 0.2) is 45.7 Å². The van der Waals surface area contributed by atoms with E-state index in [9.17, 15) is 13.5 Å². The van der Waals surface area contributed by atoms with Gasteiger partial charge in [-0.2, -0.15) is 0 Å². The first kappa shape index (κ1) is 15.8. The lowest BCUT2D eigenvalue weighted by molar-refractivity contribution is 0.169. The van der Waals surface area contributed by atoms with E-state index in [1.165, 1.54) is 6.07 Å². The van der Waals surface area contributed by atoms with Crippen LogP contribution in [0, 0.1) is 13.8 Å². The fourth-order valence-electron chi connectivity index (χ4n) is 2.12. The maximum Gasteiger partial charge on any atom is 0.244 e. The third-order valence-electron chi connectivity index (χ3n) is 3.18. The first-order valence-electron chi connectivity index (χ1n) is 6.70. The van der Waals surface area contributed by atoms with Crippen LogP contribution in [0.1, 0.15) is 29.6 Å². The number of furan rings is 1. The highest BCUT2D eigenvalue weighted by Gasteiger charge is 2.20. The van der Waals surface area contributed by atoms with E-state index in [-0.39, 0.29) is 11.4 Å². The minimum atomic E-state index is -3.60. The molecular formula is C15H19NO4S. The van der Waals surface area contributed by atoms with Crippen LogP contribution in [-0.2, 0) is 10.0 Å². The van der Waals surface area contributed by atoms with Gasteiger partial charge in [0.05, 0.1) is 6.10 Å². The highest BCUT2D eigenvalue weighted by Crippen LogP contribution is 2.20. The van der Waals surface area contributed by atoms with Gasteiger partial charge in [0.25, 0.3) is 0 Å². The van der Waals surface area contributed by atoms with E-state index in [1.807, 2.05) is 30.3 Å². The third kappa shape index (κ3) is 3.93. The number of hydrogen-bond acceptors (Lipinski definition) is 4. The van der Waals surface area contributed by atoms with Crippen LogP contribution < -0.4 is 4.72 Å². The Morgan fingerprint density at radius 2 is 1.90 bits per heavy atom. The van der Waals surface area contributed by atoms with Gasteiger partial charge in [-0.3, -0.25) is 0 Å². The summed E-state index contributed by atoms with van der Waals surface area (Å²) in [5.74, 6) is 0.917. The fourth-order valence-corrected chi connectivity index (χ4v) is 3.41. The van der Waals surface area contributed by atoms with Gasteiger partial charge in [-0.05, 0) is 31.9 Å². The molecule has 2 N–H and O–H groups in total. The Kier molecular flexibility index (Phi) is 4.82. The molecule has 0 saturated heterocycles. The molecule has 6 heteroatoms. The van der Waals surface area contributed by atoms with Gasteiger partial charge in [-0.1, -0.05) is 30.3 Å². The van der Waals surface area contributed by atoms with Crippen molar-refractivity contribution >= 4 is 10.0 Å². The van der Waals surface area contributed by atoms with E-state index in [0.29, 0.717) is 17.9 Å². The average Bonchev–Trinajstić information content (AvgIpc) is 2.79. The minimum Gasteiger partial charge on any atom is -0.465 e. The lowest BCUT2D eigenvalue weighted by Crippen LogP contribution is -2.26. The summed E-state index contributed by atoms with van der Waals surface area (Å²) in [7, 11) is -3.60. The summed E-state index contributed by atoms with van der Waals surface area (Å²) >= 11 is 0. The van der Waals surface area contributed by atoms with Crippen molar-refractivity contribution in [1.29, 1.82) is 0 Å². The molecule has 0 bridgehead atoms. The second kappa shape index (κ2) is 6.43. The first-order chi connectivity index (χ1) is 9.90. The van der Waals surface area contributed by atoms with Crippen LogP contribution in [0.5, 0.6) is 0 Å². The topological polar surface area (TPSA) is 79.5 Å². The summed E-state index contributed by atoms with van der Waals surface area (Å²) in [5, 5.41) is 9.99. The summed E-state index contributed by atoms with van der Waals surface area (Å²) in [5.41, 5.74) is 0.770. The quantitative estimate of drug-likeness (QED) is 0.858. The number of aryl methyl sites for hydroxylation is 2. The second-order valence-corrected chi connectivity index (χ2v) is 6.63. The van der Waals surface area contributed by atoms with Crippen molar-refractivity contribution < 1.29 is 17.9 Å². The van der Waals surface area contributed by atoms with Crippen molar-refractivity contribution in [3.8, 4) is 0 Å². The first-order valence-corrected chi connectivity index (χ1v) is 8.18. The number of nitrogens with one attached hydrogen (secondary N) is 1. The Hall–Kier alpha value is -1.63. The zero-order valence-corrected chi connectivity index (χ0v) is 12.9. The van der Waals surface area contributed by atoms with Gasteiger partial charge in [-0.25, -0.2) is 13.1 Å². The number of sulfonamides is 1. The molecule has 1 aromatic carbocycles. The molecule has 0 spiro atoms. The normalized spacial score (nSPS) is 13.3. The Morgan fingerprint density at radius 1 is 1.24 bits per heavy atom. The molecule has 2 rings (SSSR count). The molecule has 0 amide bonds. The van der Waals surface area contributed by atoms with E-state index >= 15 is 0 Å². The van der Waals surface area contributed by atoms with Crippen molar-refractivity contribution in [2.45, 2.75) is 31.3 Å². The van der Waals surface area contributed by atoms with E-state index in [4.69, 9.17) is 4.42 Å². The molecule has 1 aromatic heterocycles. The monoisotopic (exact) mass is 309 g/mol. The van der Waals surface area contributed by atoms with Crippen molar-refractivity contribution in [3.05, 3.63) is 53.5 Å². The molecule has 0 saturated carbocycles. The maximum atomic E-state index is 12.1. The number of hydrogen-bond donors (Lipinski definition) is 2. The van der Waals surface area contributed by atoms with Gasteiger partial charge < -0.3 is 9.52 Å². The molecule has 0 unspecified atom stereocenters. The van der Waals surface area contributed by atoms with Gasteiger partial charge >= 0.3 is 0 Å². The molecule has 0 aliphatic heterocycles. The van der Waals surface area contributed by atoms with Crippen molar-refractivity contribution in [1.82, 2.24) is 4.72 Å². The van der Waals surface area contributed by atoms with Crippen molar-refractivity contribution in [3.63, 3.8) is 0 Å². The molecule has 2 aromatic rings. The van der Waals surface area contributed by atoms with Crippen molar-refractivity contribution in [2.24, 2.45) is 0 Å². The summed E-state index contributed by atoms with van der Waals surface area (Å²) < 4.78 is 32.0. The van der Waals surface area contributed by atoms with E-state index in [2.05, 4.69) is 4.72 Å².